The van der Waals surface area contributed by atoms with Crippen LogP contribution in [0, 0.1) is 0 Å². The van der Waals surface area contributed by atoms with Crippen LogP contribution in [0.2, 0.25) is 5.02 Å². The molecule has 1 atom stereocenters. The molecule has 1 unspecified atom stereocenters. The van der Waals surface area contributed by atoms with Crippen LogP contribution < -0.4 is 10.6 Å². The first-order chi connectivity index (χ1) is 16.0. The lowest BCUT2D eigenvalue weighted by molar-refractivity contribution is -0.122. The van der Waals surface area contributed by atoms with Gasteiger partial charge in [-0.05, 0) is 54.2 Å². The van der Waals surface area contributed by atoms with Crippen molar-refractivity contribution in [3.63, 3.8) is 0 Å². The molecule has 1 aliphatic heterocycles. The summed E-state index contributed by atoms with van der Waals surface area (Å²) < 4.78 is 1.86. The van der Waals surface area contributed by atoms with E-state index in [9.17, 15) is 9.59 Å². The van der Waals surface area contributed by atoms with Crippen LogP contribution in [0.1, 0.15) is 30.0 Å². The third-order valence-corrected chi connectivity index (χ3v) is 6.86. The lowest BCUT2D eigenvalue weighted by Gasteiger charge is -2.23. The lowest BCUT2D eigenvalue weighted by Crippen LogP contribution is -2.39. The van der Waals surface area contributed by atoms with Crippen molar-refractivity contribution in [1.29, 1.82) is 0 Å². The van der Waals surface area contributed by atoms with E-state index in [4.69, 9.17) is 11.6 Å². The van der Waals surface area contributed by atoms with E-state index in [0.717, 1.165) is 46.6 Å². The molecule has 0 fully saturated rings. The number of hydrogen-bond donors (Lipinski definition) is 2. The van der Waals surface area contributed by atoms with Crippen molar-refractivity contribution in [2.45, 2.75) is 38.1 Å². The van der Waals surface area contributed by atoms with Crippen LogP contribution >= 0.6 is 11.6 Å². The molecule has 4 aromatic rings. The third kappa shape index (κ3) is 2.97. The monoisotopic (exact) mass is 460 g/mol. The summed E-state index contributed by atoms with van der Waals surface area (Å²) in [4.78, 5) is 30.0. The molecule has 9 heteroatoms. The van der Waals surface area contributed by atoms with Crippen LogP contribution in [0.15, 0.2) is 53.6 Å². The van der Waals surface area contributed by atoms with Crippen LogP contribution in [0.25, 0.3) is 11.4 Å². The van der Waals surface area contributed by atoms with E-state index in [0.29, 0.717) is 23.7 Å². The molecule has 1 amide bonds. The maximum Gasteiger partial charge on any atom is 0.340 e. The predicted molar refractivity (Wildman–Crippen MR) is 125 cm³/mol. The second-order valence-corrected chi connectivity index (χ2v) is 9.15. The molecule has 0 saturated carbocycles. The molecule has 1 aliphatic carbocycles. The number of nitrogens with one attached hydrogen (secondary N) is 2. The highest BCUT2D eigenvalue weighted by atomic mass is 35.5. The summed E-state index contributed by atoms with van der Waals surface area (Å²) >= 11 is 6.36. The van der Waals surface area contributed by atoms with Gasteiger partial charge in [0, 0.05) is 23.3 Å². The zero-order valence-electron chi connectivity index (χ0n) is 17.9. The SMILES string of the molecule is CCCn1cc(N2C(=O)C3(Cc4ccc(-c5n[nH]c(=O)[nH]5)cc4C3)c3ccc(Cl)cc32)cn1. The predicted octanol–water partition coefficient (Wildman–Crippen LogP) is 3.74. The highest BCUT2D eigenvalue weighted by Crippen LogP contribution is 2.52. The normalized spacial score (nSPS) is 18.8. The van der Waals surface area contributed by atoms with Gasteiger partial charge >= 0.3 is 5.69 Å². The third-order valence-electron chi connectivity index (χ3n) is 6.62. The second-order valence-electron chi connectivity index (χ2n) is 8.71. The van der Waals surface area contributed by atoms with Gasteiger partial charge < -0.3 is 0 Å². The minimum absolute atomic E-state index is 0.0294. The van der Waals surface area contributed by atoms with E-state index in [1.165, 1.54) is 0 Å². The molecule has 8 nitrogen and oxygen atoms in total. The average molecular weight is 461 g/mol. The average Bonchev–Trinajstić information content (AvgIpc) is 3.55. The van der Waals surface area contributed by atoms with E-state index in [1.807, 2.05) is 47.3 Å². The van der Waals surface area contributed by atoms with E-state index >= 15 is 0 Å². The molecule has 2 aromatic carbocycles. The molecule has 3 heterocycles. The Kier molecular flexibility index (Phi) is 4.35. The summed E-state index contributed by atoms with van der Waals surface area (Å²) in [6.45, 7) is 2.88. The number of hydrogen-bond acceptors (Lipinski definition) is 4. The Bertz CT molecular complexity index is 1470. The standard InChI is InChI=1S/C24H21ClN6O2/c1-2-7-30-13-18(12-26-30)31-20-9-17(25)5-6-19(20)24(22(31)32)10-15-4-3-14(8-16(15)11-24)21-27-23(33)29-28-21/h3-6,8-9,12-13H,2,7,10-11H2,1H3,(H2,27,28,29,33). The maximum atomic E-state index is 14.1. The lowest BCUT2D eigenvalue weighted by atomic mass is 9.79. The van der Waals surface area contributed by atoms with Gasteiger partial charge in [0.1, 0.15) is 0 Å². The number of fused-ring (bicyclic) bond motifs is 3. The summed E-state index contributed by atoms with van der Waals surface area (Å²) in [5.41, 5.74) is 4.50. The highest BCUT2D eigenvalue weighted by Gasteiger charge is 2.54. The van der Waals surface area contributed by atoms with Crippen LogP contribution in [-0.2, 0) is 29.6 Å². The smallest absolute Gasteiger partial charge is 0.289 e. The van der Waals surface area contributed by atoms with Crippen LogP contribution in [0.4, 0.5) is 11.4 Å². The van der Waals surface area contributed by atoms with Crippen molar-refractivity contribution in [1.82, 2.24) is 25.0 Å². The van der Waals surface area contributed by atoms with Crippen molar-refractivity contribution >= 4 is 28.9 Å². The van der Waals surface area contributed by atoms with Gasteiger partial charge in [0.15, 0.2) is 5.82 Å². The first-order valence-electron chi connectivity index (χ1n) is 10.9. The summed E-state index contributed by atoms with van der Waals surface area (Å²) in [5, 5.41) is 11.5. The largest absolute Gasteiger partial charge is 0.340 e. The van der Waals surface area contributed by atoms with Crippen LogP contribution in [-0.4, -0.2) is 30.9 Å². The van der Waals surface area contributed by atoms with Gasteiger partial charge in [-0.2, -0.15) is 10.2 Å². The number of benzene rings is 2. The molecule has 0 bridgehead atoms. The Morgan fingerprint density at radius 3 is 2.76 bits per heavy atom. The molecular weight excluding hydrogens is 440 g/mol. The van der Waals surface area contributed by atoms with Gasteiger partial charge in [0.05, 0.1) is 23.0 Å². The molecular formula is C24H21ClN6O2. The molecule has 0 radical (unpaired) electrons. The summed E-state index contributed by atoms with van der Waals surface area (Å²) in [6, 6.07) is 11.7. The number of aryl methyl sites for hydroxylation is 1. The molecule has 2 N–H and O–H groups in total. The first-order valence-corrected chi connectivity index (χ1v) is 11.3. The van der Waals surface area contributed by atoms with E-state index in [2.05, 4.69) is 27.2 Å². The molecule has 33 heavy (non-hydrogen) atoms. The molecule has 2 aliphatic rings. The number of carbonyl (C=O) groups excluding carboxylic acids is 1. The van der Waals surface area contributed by atoms with Crippen LogP contribution in [0.3, 0.4) is 0 Å². The Labute approximate surface area is 194 Å². The number of halogens is 1. The van der Waals surface area contributed by atoms with Gasteiger partial charge in [-0.15, -0.1) is 0 Å². The first kappa shape index (κ1) is 20.0. The Balaban J connectivity index is 1.44. The molecule has 1 spiro atoms. The van der Waals surface area contributed by atoms with Gasteiger partial charge in [0.2, 0.25) is 5.91 Å². The topological polar surface area (TPSA) is 99.7 Å². The minimum Gasteiger partial charge on any atom is -0.289 e. The fraction of sp³-hybridized carbons (Fsp3) is 0.250. The number of nitrogens with zero attached hydrogens (tertiary/aromatic N) is 4. The van der Waals surface area contributed by atoms with Gasteiger partial charge in [-0.3, -0.25) is 19.4 Å². The number of H-pyrrole nitrogens is 2. The van der Waals surface area contributed by atoms with Crippen molar-refractivity contribution in [3.8, 4) is 11.4 Å². The van der Waals surface area contributed by atoms with Gasteiger partial charge in [0.25, 0.3) is 0 Å². The maximum absolute atomic E-state index is 14.1. The Hall–Kier alpha value is -3.65. The number of rotatable bonds is 4. The van der Waals surface area contributed by atoms with Gasteiger partial charge in [-0.25, -0.2) is 9.89 Å². The summed E-state index contributed by atoms with van der Waals surface area (Å²) in [6.07, 6.45) is 5.79. The number of aromatic nitrogens is 5. The van der Waals surface area contributed by atoms with E-state index in [-0.39, 0.29) is 11.6 Å². The van der Waals surface area contributed by atoms with Crippen molar-refractivity contribution < 1.29 is 4.79 Å². The zero-order chi connectivity index (χ0) is 22.7. The van der Waals surface area contributed by atoms with Crippen molar-refractivity contribution in [2.24, 2.45) is 0 Å². The van der Waals surface area contributed by atoms with Crippen molar-refractivity contribution in [3.05, 3.63) is 81.0 Å². The minimum atomic E-state index is -0.702. The zero-order valence-corrected chi connectivity index (χ0v) is 18.7. The fourth-order valence-electron chi connectivity index (χ4n) is 5.18. The fourth-order valence-corrected chi connectivity index (χ4v) is 5.35. The molecule has 0 saturated heterocycles. The Morgan fingerprint density at radius 1 is 1.12 bits per heavy atom. The van der Waals surface area contributed by atoms with Gasteiger partial charge in [-0.1, -0.05) is 36.7 Å². The van der Waals surface area contributed by atoms with Crippen LogP contribution in [0.5, 0.6) is 0 Å². The molecule has 2 aromatic heterocycles. The highest BCUT2D eigenvalue weighted by molar-refractivity contribution is 6.31. The van der Waals surface area contributed by atoms with Crippen molar-refractivity contribution in [2.75, 3.05) is 4.90 Å². The van der Waals surface area contributed by atoms with E-state index in [1.54, 1.807) is 11.1 Å². The summed E-state index contributed by atoms with van der Waals surface area (Å²) in [5.74, 6) is 0.514. The summed E-state index contributed by atoms with van der Waals surface area (Å²) in [7, 11) is 0. The quantitative estimate of drug-likeness (QED) is 0.484. The number of anilines is 2. The van der Waals surface area contributed by atoms with E-state index < -0.39 is 5.41 Å². The molecule has 6 rings (SSSR count). The number of amides is 1. The number of carbonyl (C=O) groups is 1. The number of aromatic amines is 2. The molecule has 166 valence electrons. The second kappa shape index (κ2) is 7.18. The Morgan fingerprint density at radius 2 is 1.97 bits per heavy atom.